The van der Waals surface area contributed by atoms with Crippen LogP contribution in [-0.2, 0) is 23.9 Å². The third-order valence-electron chi connectivity index (χ3n) is 12.6. The van der Waals surface area contributed by atoms with Gasteiger partial charge in [-0.2, -0.15) is 0 Å². The number of carbonyl (C=O) groups excluding carboxylic acids is 3. The summed E-state index contributed by atoms with van der Waals surface area (Å²) in [5.74, 6) is 2.94. The van der Waals surface area contributed by atoms with E-state index in [9.17, 15) is 19.2 Å². The summed E-state index contributed by atoms with van der Waals surface area (Å²) in [6.45, 7) is 15.7. The smallest absolute Gasteiger partial charge is 0.303 e. The first-order valence-corrected chi connectivity index (χ1v) is 18.9. The van der Waals surface area contributed by atoms with Gasteiger partial charge in [-0.05, 0) is 91.4 Å². The summed E-state index contributed by atoms with van der Waals surface area (Å²) in [5, 5.41) is 8.35. The van der Waals surface area contributed by atoms with Gasteiger partial charge in [0.25, 0.3) is 0 Å². The van der Waals surface area contributed by atoms with E-state index in [1.54, 1.807) is 0 Å². The third-order valence-corrected chi connectivity index (χ3v) is 12.6. The summed E-state index contributed by atoms with van der Waals surface area (Å²) >= 11 is 0. The number of allylic oxidation sites excluding steroid dienone is 1. The zero-order valence-electron chi connectivity index (χ0n) is 30.3. The van der Waals surface area contributed by atoms with Gasteiger partial charge in [0.05, 0.1) is 6.42 Å². The number of carboxylic acids is 1. The van der Waals surface area contributed by atoms with Gasteiger partial charge >= 0.3 is 11.9 Å². The van der Waals surface area contributed by atoms with Crippen LogP contribution in [0.3, 0.4) is 0 Å². The largest absolute Gasteiger partial charge is 0.481 e. The Morgan fingerprint density at radius 1 is 0.891 bits per heavy atom. The molecule has 0 radical (unpaired) electrons. The van der Waals surface area contributed by atoms with Crippen molar-refractivity contribution in [3.63, 3.8) is 0 Å². The number of hydrogen-bond donors (Lipinski definition) is 1. The van der Waals surface area contributed by atoms with Crippen molar-refractivity contribution in [2.45, 2.75) is 170 Å². The van der Waals surface area contributed by atoms with Crippen molar-refractivity contribution in [2.24, 2.45) is 46.3 Å². The highest BCUT2D eigenvalue weighted by atomic mass is 16.5. The van der Waals surface area contributed by atoms with Crippen molar-refractivity contribution < 1.29 is 29.0 Å². The molecule has 1 N–H and O–H groups in total. The Morgan fingerprint density at radius 3 is 2.26 bits per heavy atom. The maximum Gasteiger partial charge on any atom is 0.303 e. The molecule has 0 saturated heterocycles. The second-order valence-corrected chi connectivity index (χ2v) is 16.3. The molecule has 3 fully saturated rings. The number of esters is 1. The number of fused-ring (bicyclic) bond motifs is 5. The Labute approximate surface area is 280 Å². The normalized spacial score (nSPS) is 32.3. The fourth-order valence-electron chi connectivity index (χ4n) is 10.0. The number of carboxylic acid groups (broad SMARTS) is 1. The van der Waals surface area contributed by atoms with Crippen LogP contribution in [0.1, 0.15) is 164 Å². The summed E-state index contributed by atoms with van der Waals surface area (Å²) in [6, 6.07) is 0. The van der Waals surface area contributed by atoms with Crippen molar-refractivity contribution in [1.82, 2.24) is 0 Å². The van der Waals surface area contributed by atoms with Gasteiger partial charge in [-0.3, -0.25) is 19.2 Å². The van der Waals surface area contributed by atoms with Crippen LogP contribution >= 0.6 is 0 Å². The van der Waals surface area contributed by atoms with E-state index in [4.69, 9.17) is 9.84 Å². The standard InChI is InChI=1S/C29H46O3.C11H20O3/c1-18(2)8-7-9-19(3)23-10-11-24-27-25(13-15-29(23,24)6)28(5)14-12-22(32-20(4)30)16-21(28)17-26(27)31;1-2-3-4-5-6-7-10(12)8-9-11(13)14/h17-19,22-25,27H,7-16H2,1-6H3;2-9H2,1H3,(H,13,14). The Morgan fingerprint density at radius 2 is 1.61 bits per heavy atom. The molecule has 4 rings (SSSR count). The van der Waals surface area contributed by atoms with E-state index in [-0.39, 0.29) is 42.0 Å². The molecule has 6 heteroatoms. The van der Waals surface area contributed by atoms with Crippen LogP contribution in [0.15, 0.2) is 11.6 Å². The predicted octanol–water partition coefficient (Wildman–Crippen LogP) is 9.92. The molecular formula is C40H66O6. The monoisotopic (exact) mass is 642 g/mol. The number of carbonyl (C=O) groups is 4. The summed E-state index contributed by atoms with van der Waals surface area (Å²) < 4.78 is 5.54. The molecule has 0 bridgehead atoms. The summed E-state index contributed by atoms with van der Waals surface area (Å²) in [4.78, 5) is 46.3. The zero-order chi connectivity index (χ0) is 34.1. The maximum absolute atomic E-state index is 13.6. The molecular weight excluding hydrogens is 576 g/mol. The average Bonchev–Trinajstić information content (AvgIpc) is 3.34. The maximum atomic E-state index is 13.6. The molecule has 46 heavy (non-hydrogen) atoms. The first-order valence-electron chi connectivity index (χ1n) is 18.9. The number of aliphatic carboxylic acids is 1. The van der Waals surface area contributed by atoms with Gasteiger partial charge in [0.2, 0.25) is 0 Å². The molecule has 0 heterocycles. The van der Waals surface area contributed by atoms with E-state index in [1.165, 1.54) is 76.7 Å². The lowest BCUT2D eigenvalue weighted by Gasteiger charge is -2.57. The molecule has 0 aromatic heterocycles. The molecule has 4 aliphatic carbocycles. The number of unbranched alkanes of at least 4 members (excludes halogenated alkanes) is 4. The minimum absolute atomic E-state index is 0.0200. The van der Waals surface area contributed by atoms with Crippen LogP contribution in [0.5, 0.6) is 0 Å². The second kappa shape index (κ2) is 17.4. The number of Topliss-reactive ketones (excluding diaryl/α,β-unsaturated/α-hetero) is 1. The number of rotatable bonds is 15. The minimum atomic E-state index is -0.885. The average molecular weight is 643 g/mol. The minimum Gasteiger partial charge on any atom is -0.481 e. The molecule has 0 aromatic rings. The van der Waals surface area contributed by atoms with Crippen LogP contribution in [0.4, 0.5) is 0 Å². The molecule has 8 atom stereocenters. The first kappa shape index (κ1) is 38.5. The van der Waals surface area contributed by atoms with Gasteiger partial charge in [-0.25, -0.2) is 0 Å². The molecule has 6 nitrogen and oxygen atoms in total. The van der Waals surface area contributed by atoms with Gasteiger partial charge in [0.15, 0.2) is 5.78 Å². The highest BCUT2D eigenvalue weighted by Crippen LogP contribution is 2.66. The van der Waals surface area contributed by atoms with Gasteiger partial charge < -0.3 is 9.84 Å². The van der Waals surface area contributed by atoms with Crippen LogP contribution in [0.25, 0.3) is 0 Å². The summed E-state index contributed by atoms with van der Waals surface area (Å²) in [5.41, 5.74) is 1.70. The zero-order valence-corrected chi connectivity index (χ0v) is 30.3. The lowest BCUT2D eigenvalue weighted by Crippen LogP contribution is -2.53. The Balaban J connectivity index is 0.000000349. The van der Waals surface area contributed by atoms with Crippen LogP contribution < -0.4 is 0 Å². The number of ketones is 2. The van der Waals surface area contributed by atoms with Crippen LogP contribution in [-0.4, -0.2) is 34.7 Å². The van der Waals surface area contributed by atoms with Gasteiger partial charge in [0, 0.05) is 32.1 Å². The number of hydrogen-bond acceptors (Lipinski definition) is 5. The summed E-state index contributed by atoms with van der Waals surface area (Å²) in [6.07, 6.45) is 20.1. The van der Waals surface area contributed by atoms with Crippen molar-refractivity contribution in [1.29, 1.82) is 0 Å². The van der Waals surface area contributed by atoms with Crippen molar-refractivity contribution >= 4 is 23.5 Å². The topological polar surface area (TPSA) is 97.7 Å². The van der Waals surface area contributed by atoms with E-state index in [1.807, 2.05) is 6.08 Å². The van der Waals surface area contributed by atoms with E-state index < -0.39 is 5.97 Å². The van der Waals surface area contributed by atoms with Crippen molar-refractivity contribution in [2.75, 3.05) is 0 Å². The van der Waals surface area contributed by atoms with E-state index in [0.29, 0.717) is 29.5 Å². The molecule has 8 unspecified atom stereocenters. The van der Waals surface area contributed by atoms with E-state index in [0.717, 1.165) is 49.9 Å². The third kappa shape index (κ3) is 9.78. The van der Waals surface area contributed by atoms with Crippen molar-refractivity contribution in [3.8, 4) is 0 Å². The molecule has 262 valence electrons. The van der Waals surface area contributed by atoms with Gasteiger partial charge in [-0.15, -0.1) is 0 Å². The highest BCUT2D eigenvalue weighted by Gasteiger charge is 2.61. The molecule has 0 spiro atoms. The lowest BCUT2D eigenvalue weighted by atomic mass is 9.46. The molecule has 0 aromatic carbocycles. The molecule has 0 amide bonds. The Kier molecular flexibility index (Phi) is 14.6. The van der Waals surface area contributed by atoms with E-state index in [2.05, 4.69) is 41.5 Å². The summed E-state index contributed by atoms with van der Waals surface area (Å²) in [7, 11) is 0. The SMILES string of the molecule is CC(=O)OC1CCC2(C)C(=CC(=O)C3C2CCC2(C)C(C(C)CCCC(C)C)CCC32)C1.CCCCCCCC(=O)CCC(=O)O. The van der Waals surface area contributed by atoms with Crippen molar-refractivity contribution in [3.05, 3.63) is 11.6 Å². The first-order chi connectivity index (χ1) is 21.7. The van der Waals surface area contributed by atoms with Crippen LogP contribution in [0, 0.1) is 46.3 Å². The second-order valence-electron chi connectivity index (χ2n) is 16.3. The highest BCUT2D eigenvalue weighted by molar-refractivity contribution is 5.94. The predicted molar refractivity (Wildman–Crippen MR) is 184 cm³/mol. The number of ether oxygens (including phenoxy) is 1. The molecule has 4 aliphatic rings. The Bertz CT molecular complexity index is 1080. The molecule has 3 saturated carbocycles. The van der Waals surface area contributed by atoms with Crippen LogP contribution in [0.2, 0.25) is 0 Å². The lowest BCUT2D eigenvalue weighted by molar-refractivity contribution is -0.149. The Hall–Kier alpha value is -1.98. The van der Waals surface area contributed by atoms with E-state index >= 15 is 0 Å². The molecule has 0 aliphatic heterocycles. The fraction of sp³-hybridized carbons (Fsp3) is 0.850. The van der Waals surface area contributed by atoms with Gasteiger partial charge in [-0.1, -0.05) is 92.1 Å². The fourth-order valence-corrected chi connectivity index (χ4v) is 10.0. The van der Waals surface area contributed by atoms with Gasteiger partial charge in [0.1, 0.15) is 11.9 Å². The quantitative estimate of drug-likeness (QED) is 0.141.